The van der Waals surface area contributed by atoms with E-state index in [9.17, 15) is 25.5 Å². The van der Waals surface area contributed by atoms with Crippen molar-refractivity contribution in [2.75, 3.05) is 13.2 Å². The number of hydrogen-bond donors (Lipinski definition) is 5. The molecule has 8 heteroatoms. The van der Waals surface area contributed by atoms with E-state index in [0.29, 0.717) is 18.6 Å². The van der Waals surface area contributed by atoms with Crippen LogP contribution in [-0.4, -0.2) is 75.1 Å². The maximum atomic E-state index is 10.2. The lowest BCUT2D eigenvalue weighted by Crippen LogP contribution is -2.60. The fraction of sp³-hybridized carbons (Fsp3) is 0.545. The van der Waals surface area contributed by atoms with E-state index in [-0.39, 0.29) is 19.0 Å². The Hall–Kier alpha value is -1.94. The normalized spacial score (nSPS) is 29.3. The van der Waals surface area contributed by atoms with Crippen LogP contribution in [0.15, 0.2) is 48.6 Å². The van der Waals surface area contributed by atoms with Crippen LogP contribution < -0.4 is 4.74 Å². The molecular weight excluding hydrogens is 392 g/mol. The Kier molecular flexibility index (Phi) is 8.84. The summed E-state index contributed by atoms with van der Waals surface area (Å²) in [5, 5.41) is 49.7. The van der Waals surface area contributed by atoms with E-state index in [4.69, 9.17) is 14.2 Å². The predicted molar refractivity (Wildman–Crippen MR) is 110 cm³/mol. The van der Waals surface area contributed by atoms with Gasteiger partial charge in [-0.1, -0.05) is 17.7 Å². The predicted octanol–water partition coefficient (Wildman–Crippen LogP) is 1.26. The quantitative estimate of drug-likeness (QED) is 0.355. The summed E-state index contributed by atoms with van der Waals surface area (Å²) in [6.07, 6.45) is -1.72. The van der Waals surface area contributed by atoms with Crippen molar-refractivity contribution in [3.05, 3.63) is 48.6 Å². The molecule has 0 amide bonds. The highest BCUT2D eigenvalue weighted by Crippen LogP contribution is 2.25. The van der Waals surface area contributed by atoms with Crippen molar-refractivity contribution in [3.63, 3.8) is 0 Å². The van der Waals surface area contributed by atoms with E-state index in [1.165, 1.54) is 30.3 Å². The molecule has 1 aromatic rings. The van der Waals surface area contributed by atoms with Gasteiger partial charge in [0.15, 0.2) is 0 Å². The molecule has 1 aliphatic rings. The molecule has 5 N–H and O–H groups in total. The third kappa shape index (κ3) is 7.09. The molecule has 0 aliphatic carbocycles. The topological polar surface area (TPSA) is 129 Å². The van der Waals surface area contributed by atoms with Crippen molar-refractivity contribution in [1.29, 1.82) is 0 Å². The van der Waals surface area contributed by atoms with Gasteiger partial charge in [0.2, 0.25) is 6.29 Å². The van der Waals surface area contributed by atoms with E-state index in [1.54, 1.807) is 6.92 Å². The van der Waals surface area contributed by atoms with Crippen LogP contribution in [0.2, 0.25) is 0 Å². The number of phenolic OH excluding ortho intramolecular Hbond substituents is 1. The molecule has 1 fully saturated rings. The molecule has 0 unspecified atom stereocenters. The van der Waals surface area contributed by atoms with Gasteiger partial charge in [0, 0.05) is 0 Å². The molecule has 2 rings (SSSR count). The summed E-state index contributed by atoms with van der Waals surface area (Å²) in [4.78, 5) is 0. The number of hydrogen-bond acceptors (Lipinski definition) is 8. The molecule has 1 aliphatic heterocycles. The molecule has 0 bridgehead atoms. The summed E-state index contributed by atoms with van der Waals surface area (Å²) in [5.74, 6) is 0.389. The fourth-order valence-electron chi connectivity index (χ4n) is 2.92. The van der Waals surface area contributed by atoms with Crippen LogP contribution in [0.5, 0.6) is 11.5 Å². The van der Waals surface area contributed by atoms with Gasteiger partial charge in [-0.05, 0) is 51.0 Å². The maximum absolute atomic E-state index is 10.2. The summed E-state index contributed by atoms with van der Waals surface area (Å²) in [6.45, 7) is 7.44. The van der Waals surface area contributed by atoms with E-state index < -0.39 is 36.3 Å². The van der Waals surface area contributed by atoms with Crippen LogP contribution in [0.3, 0.4) is 0 Å². The van der Waals surface area contributed by atoms with Gasteiger partial charge in [-0.15, -0.1) is 6.58 Å². The van der Waals surface area contributed by atoms with Crippen molar-refractivity contribution in [2.45, 2.75) is 63.0 Å². The molecule has 1 saturated heterocycles. The van der Waals surface area contributed by atoms with Crippen LogP contribution in [-0.2, 0) is 9.47 Å². The van der Waals surface area contributed by atoms with Crippen LogP contribution in [0.4, 0.5) is 0 Å². The van der Waals surface area contributed by atoms with Crippen molar-refractivity contribution in [1.82, 2.24) is 0 Å². The van der Waals surface area contributed by atoms with Gasteiger partial charge in [0.05, 0.1) is 18.8 Å². The van der Waals surface area contributed by atoms with Crippen molar-refractivity contribution in [2.24, 2.45) is 0 Å². The molecule has 0 spiro atoms. The first-order valence-electron chi connectivity index (χ1n) is 9.87. The average Bonchev–Trinajstić information content (AvgIpc) is 2.71. The summed E-state index contributed by atoms with van der Waals surface area (Å²) in [5.41, 5.74) is 0.0268. The van der Waals surface area contributed by atoms with Crippen LogP contribution >= 0.6 is 0 Å². The molecule has 0 radical (unpaired) electrons. The number of rotatable bonds is 10. The number of allylic oxidation sites excluding steroid dienone is 1. The minimum atomic E-state index is -1.47. The Morgan fingerprint density at radius 1 is 1.17 bits per heavy atom. The molecular formula is C22H32O8. The van der Waals surface area contributed by atoms with Gasteiger partial charge in [0.25, 0.3) is 0 Å². The highest BCUT2D eigenvalue weighted by molar-refractivity contribution is 5.30. The molecule has 1 heterocycles. The monoisotopic (exact) mass is 424 g/mol. The Bertz CT molecular complexity index is 700. The van der Waals surface area contributed by atoms with Gasteiger partial charge in [0.1, 0.15) is 35.9 Å². The lowest BCUT2D eigenvalue weighted by molar-refractivity contribution is -0.279. The van der Waals surface area contributed by atoms with E-state index in [0.717, 1.165) is 5.57 Å². The van der Waals surface area contributed by atoms with Gasteiger partial charge in [-0.25, -0.2) is 0 Å². The number of aliphatic hydroxyl groups is 4. The Balaban J connectivity index is 1.86. The van der Waals surface area contributed by atoms with Gasteiger partial charge in [-0.3, -0.25) is 0 Å². The highest BCUT2D eigenvalue weighted by Gasteiger charge is 2.45. The first-order chi connectivity index (χ1) is 14.1. The summed E-state index contributed by atoms with van der Waals surface area (Å²) in [7, 11) is 0. The fourth-order valence-corrected chi connectivity index (χ4v) is 2.92. The van der Waals surface area contributed by atoms with Crippen LogP contribution in [0.25, 0.3) is 0 Å². The largest absolute Gasteiger partial charge is 0.508 e. The molecule has 8 nitrogen and oxygen atoms in total. The summed E-state index contributed by atoms with van der Waals surface area (Å²) >= 11 is 0. The van der Waals surface area contributed by atoms with Crippen LogP contribution in [0.1, 0.15) is 26.7 Å². The number of benzene rings is 1. The molecule has 6 atom stereocenters. The molecule has 1 aromatic carbocycles. The summed E-state index contributed by atoms with van der Waals surface area (Å²) < 4.78 is 16.7. The smallest absolute Gasteiger partial charge is 0.229 e. The lowest BCUT2D eigenvalue weighted by atomic mass is 9.99. The zero-order valence-corrected chi connectivity index (χ0v) is 17.3. The maximum Gasteiger partial charge on any atom is 0.229 e. The SMILES string of the molecule is C=C[C@@](C)(O)CCC=C(C)COC[C@H]1O[C@@H](Oc2ccc(O)cc2)[C@H](O)[C@@H](O)[C@@H]1O. The second-order valence-corrected chi connectivity index (χ2v) is 7.79. The zero-order chi connectivity index (χ0) is 22.3. The first kappa shape index (κ1) is 24.3. The third-order valence-corrected chi connectivity index (χ3v) is 4.95. The molecule has 30 heavy (non-hydrogen) atoms. The average molecular weight is 424 g/mol. The highest BCUT2D eigenvalue weighted by atomic mass is 16.7. The number of aromatic hydroxyl groups is 1. The van der Waals surface area contributed by atoms with E-state index >= 15 is 0 Å². The van der Waals surface area contributed by atoms with E-state index in [1.807, 2.05) is 13.0 Å². The molecule has 0 aromatic heterocycles. The summed E-state index contributed by atoms with van der Waals surface area (Å²) in [6, 6.07) is 5.82. The van der Waals surface area contributed by atoms with Gasteiger partial charge in [-0.2, -0.15) is 0 Å². The zero-order valence-electron chi connectivity index (χ0n) is 17.3. The standard InChI is InChI=1S/C22H32O8/c1-4-22(3,27)11-5-6-14(2)12-28-13-17-18(24)19(25)20(26)21(30-17)29-16-9-7-15(23)8-10-16/h4,6-10,17-21,23-27H,1,5,11-13H2,2-3H3/t17-,18-,19+,20-,21-,22-/m1/s1. The second kappa shape index (κ2) is 10.9. The minimum absolute atomic E-state index is 0.0179. The molecule has 168 valence electrons. The van der Waals surface area contributed by atoms with Gasteiger partial charge < -0.3 is 39.7 Å². The van der Waals surface area contributed by atoms with Gasteiger partial charge >= 0.3 is 0 Å². The Morgan fingerprint density at radius 2 is 1.83 bits per heavy atom. The second-order valence-electron chi connectivity index (χ2n) is 7.79. The van der Waals surface area contributed by atoms with Crippen LogP contribution in [0, 0.1) is 0 Å². The molecule has 0 saturated carbocycles. The number of phenols is 1. The van der Waals surface area contributed by atoms with E-state index in [2.05, 4.69) is 6.58 Å². The Morgan fingerprint density at radius 3 is 2.47 bits per heavy atom. The number of ether oxygens (including phenoxy) is 3. The minimum Gasteiger partial charge on any atom is -0.508 e. The van der Waals surface area contributed by atoms with Crippen molar-refractivity contribution < 1.29 is 39.7 Å². The first-order valence-corrected chi connectivity index (χ1v) is 9.87. The lowest BCUT2D eigenvalue weighted by Gasteiger charge is -2.40. The van der Waals surface area contributed by atoms with Crippen molar-refractivity contribution in [3.8, 4) is 11.5 Å². The van der Waals surface area contributed by atoms with Crippen molar-refractivity contribution >= 4 is 0 Å². The third-order valence-electron chi connectivity index (χ3n) is 4.95. The Labute approximate surface area is 176 Å². The number of aliphatic hydroxyl groups excluding tert-OH is 3.